The number of aryl methyl sites for hydroxylation is 1. The molecule has 2 aromatic heterocycles. The average Bonchev–Trinajstić information content (AvgIpc) is 3.08. The highest BCUT2D eigenvalue weighted by atomic mass is 35.5. The van der Waals surface area contributed by atoms with Gasteiger partial charge in [-0.25, -0.2) is 10.4 Å². The number of halogens is 2. The summed E-state index contributed by atoms with van der Waals surface area (Å²) in [4.78, 5) is 32.1. The van der Waals surface area contributed by atoms with Gasteiger partial charge in [-0.05, 0) is 55.4 Å². The van der Waals surface area contributed by atoms with Crippen molar-refractivity contribution in [2.24, 2.45) is 11.0 Å². The summed E-state index contributed by atoms with van der Waals surface area (Å²) in [5.74, 6) is 0.207. The van der Waals surface area contributed by atoms with Crippen LogP contribution in [0.1, 0.15) is 42.3 Å². The SMILES string of the molecule is C[C@@H]1CCc2c(sc3ncn([C@H](C)C(=O)N/N=C\c4ccc(Cl)c(Cl)c4)c(=O)c23)C1. The van der Waals surface area contributed by atoms with Crippen molar-refractivity contribution in [1.82, 2.24) is 15.0 Å². The van der Waals surface area contributed by atoms with Crippen molar-refractivity contribution in [3.8, 4) is 0 Å². The minimum absolute atomic E-state index is 0.178. The van der Waals surface area contributed by atoms with E-state index in [-0.39, 0.29) is 5.56 Å². The standard InChI is InChI=1S/C21H20Cl2N4O2S/c1-11-3-5-14-17(7-11)30-20-18(14)21(29)27(10-24-20)12(2)19(28)26-25-9-13-4-6-15(22)16(23)8-13/h4,6,8-12H,3,5,7H2,1-2H3,(H,26,28)/b25-9-/t11-,12-/m1/s1. The first-order valence-corrected chi connectivity index (χ1v) is 11.2. The molecule has 0 aliphatic heterocycles. The maximum atomic E-state index is 13.1. The first-order valence-electron chi connectivity index (χ1n) is 9.64. The topological polar surface area (TPSA) is 76.3 Å². The van der Waals surface area contributed by atoms with E-state index in [1.807, 2.05) is 0 Å². The number of carbonyl (C=O) groups is 1. The number of hydrogen-bond donors (Lipinski definition) is 1. The van der Waals surface area contributed by atoms with Crippen LogP contribution in [0.3, 0.4) is 0 Å². The number of hydrazone groups is 1. The van der Waals surface area contributed by atoms with Crippen molar-refractivity contribution >= 4 is 56.9 Å². The second-order valence-corrected chi connectivity index (χ2v) is 9.47. The zero-order chi connectivity index (χ0) is 21.4. The molecule has 2 atom stereocenters. The van der Waals surface area contributed by atoms with Crippen LogP contribution >= 0.6 is 34.5 Å². The lowest BCUT2D eigenvalue weighted by atomic mass is 9.89. The predicted octanol–water partition coefficient (Wildman–Crippen LogP) is 4.60. The minimum Gasteiger partial charge on any atom is -0.286 e. The molecule has 9 heteroatoms. The van der Waals surface area contributed by atoms with Gasteiger partial charge in [-0.2, -0.15) is 5.10 Å². The van der Waals surface area contributed by atoms with E-state index < -0.39 is 11.9 Å². The lowest BCUT2D eigenvalue weighted by Gasteiger charge is -2.18. The fraction of sp³-hybridized carbons (Fsp3) is 0.333. The number of aromatic nitrogens is 2. The summed E-state index contributed by atoms with van der Waals surface area (Å²) < 4.78 is 1.37. The molecule has 1 aliphatic carbocycles. The van der Waals surface area contributed by atoms with Crippen molar-refractivity contribution in [2.75, 3.05) is 0 Å². The Morgan fingerprint density at radius 1 is 1.40 bits per heavy atom. The van der Waals surface area contributed by atoms with E-state index in [4.69, 9.17) is 23.2 Å². The Morgan fingerprint density at radius 3 is 2.97 bits per heavy atom. The van der Waals surface area contributed by atoms with Crippen molar-refractivity contribution in [1.29, 1.82) is 0 Å². The summed E-state index contributed by atoms with van der Waals surface area (Å²) in [5.41, 5.74) is 4.09. The van der Waals surface area contributed by atoms with Gasteiger partial charge in [0.1, 0.15) is 10.9 Å². The molecule has 0 bridgehead atoms. The van der Waals surface area contributed by atoms with E-state index in [1.165, 1.54) is 22.0 Å². The second-order valence-electron chi connectivity index (χ2n) is 7.57. The van der Waals surface area contributed by atoms with Crippen LogP contribution < -0.4 is 11.0 Å². The number of thiophene rings is 1. The van der Waals surface area contributed by atoms with Crippen LogP contribution in [0, 0.1) is 5.92 Å². The molecule has 4 rings (SSSR count). The number of hydrogen-bond acceptors (Lipinski definition) is 5. The Hall–Kier alpha value is -2.22. The predicted molar refractivity (Wildman–Crippen MR) is 122 cm³/mol. The molecule has 3 aromatic rings. The molecular formula is C21H20Cl2N4O2S. The van der Waals surface area contributed by atoms with Crippen molar-refractivity contribution < 1.29 is 4.79 Å². The molecule has 0 unspecified atom stereocenters. The first-order chi connectivity index (χ1) is 14.3. The zero-order valence-corrected chi connectivity index (χ0v) is 18.8. The van der Waals surface area contributed by atoms with E-state index in [9.17, 15) is 9.59 Å². The molecule has 0 spiro atoms. The van der Waals surface area contributed by atoms with Gasteiger partial charge < -0.3 is 0 Å². The number of nitrogens with one attached hydrogen (secondary N) is 1. The molecule has 1 N–H and O–H groups in total. The fourth-order valence-electron chi connectivity index (χ4n) is 3.60. The number of benzene rings is 1. The molecule has 156 valence electrons. The van der Waals surface area contributed by atoms with Crippen LogP contribution in [0.5, 0.6) is 0 Å². The molecule has 1 aromatic carbocycles. The molecule has 0 radical (unpaired) electrons. The first kappa shape index (κ1) is 21.0. The number of amides is 1. The van der Waals surface area contributed by atoms with Gasteiger partial charge in [0.15, 0.2) is 0 Å². The van der Waals surface area contributed by atoms with Gasteiger partial charge in [-0.1, -0.05) is 36.2 Å². The van der Waals surface area contributed by atoms with Gasteiger partial charge in [-0.15, -0.1) is 11.3 Å². The molecular weight excluding hydrogens is 443 g/mol. The molecule has 1 amide bonds. The maximum Gasteiger partial charge on any atom is 0.263 e. The zero-order valence-electron chi connectivity index (χ0n) is 16.5. The quantitative estimate of drug-likeness (QED) is 0.454. The van der Waals surface area contributed by atoms with Gasteiger partial charge in [0.25, 0.3) is 11.5 Å². The maximum absolute atomic E-state index is 13.1. The van der Waals surface area contributed by atoms with Gasteiger partial charge >= 0.3 is 0 Å². The Bertz CT molecular complexity index is 1220. The fourth-order valence-corrected chi connectivity index (χ4v) is 5.25. The van der Waals surface area contributed by atoms with Crippen molar-refractivity contribution in [2.45, 2.75) is 39.2 Å². The molecule has 0 saturated carbocycles. The van der Waals surface area contributed by atoms with E-state index in [1.54, 1.807) is 36.5 Å². The van der Waals surface area contributed by atoms with Crippen LogP contribution in [-0.2, 0) is 17.6 Å². The van der Waals surface area contributed by atoms with Crippen LogP contribution in [0.25, 0.3) is 10.2 Å². The Labute approximate surface area is 187 Å². The normalized spacial score (nSPS) is 17.3. The van der Waals surface area contributed by atoms with E-state index in [0.29, 0.717) is 26.9 Å². The van der Waals surface area contributed by atoms with Gasteiger partial charge in [-0.3, -0.25) is 14.2 Å². The van der Waals surface area contributed by atoms with E-state index in [0.717, 1.165) is 29.7 Å². The summed E-state index contributed by atoms with van der Waals surface area (Å²) in [6, 6.07) is 4.28. The number of nitrogens with zero attached hydrogens (tertiary/aromatic N) is 3. The molecule has 1 aliphatic rings. The van der Waals surface area contributed by atoms with Crippen LogP contribution in [-0.4, -0.2) is 21.7 Å². The van der Waals surface area contributed by atoms with Crippen LogP contribution in [0.2, 0.25) is 10.0 Å². The molecule has 2 heterocycles. The third-order valence-corrected chi connectivity index (χ3v) is 7.27. The molecule has 0 saturated heterocycles. The van der Waals surface area contributed by atoms with Crippen molar-refractivity contribution in [3.05, 3.63) is 60.9 Å². The molecule has 6 nitrogen and oxygen atoms in total. The highest BCUT2D eigenvalue weighted by Gasteiger charge is 2.25. The third-order valence-electron chi connectivity index (χ3n) is 5.37. The van der Waals surface area contributed by atoms with Crippen LogP contribution in [0.4, 0.5) is 0 Å². The monoisotopic (exact) mass is 462 g/mol. The van der Waals surface area contributed by atoms with E-state index in [2.05, 4.69) is 22.4 Å². The molecule has 0 fully saturated rings. The summed E-state index contributed by atoms with van der Waals surface area (Å²) in [6.45, 7) is 3.88. The highest BCUT2D eigenvalue weighted by Crippen LogP contribution is 2.35. The molecule has 30 heavy (non-hydrogen) atoms. The van der Waals surface area contributed by atoms with E-state index >= 15 is 0 Å². The number of rotatable bonds is 4. The largest absolute Gasteiger partial charge is 0.286 e. The lowest BCUT2D eigenvalue weighted by Crippen LogP contribution is -2.34. The highest BCUT2D eigenvalue weighted by molar-refractivity contribution is 7.18. The Balaban J connectivity index is 1.55. The van der Waals surface area contributed by atoms with Gasteiger partial charge in [0.05, 0.1) is 28.0 Å². The summed E-state index contributed by atoms with van der Waals surface area (Å²) >= 11 is 13.5. The van der Waals surface area contributed by atoms with Gasteiger partial charge in [0.2, 0.25) is 0 Å². The summed E-state index contributed by atoms with van der Waals surface area (Å²) in [6.07, 6.45) is 5.84. The minimum atomic E-state index is -0.751. The average molecular weight is 463 g/mol. The smallest absolute Gasteiger partial charge is 0.263 e. The summed E-state index contributed by atoms with van der Waals surface area (Å²) in [7, 11) is 0. The Morgan fingerprint density at radius 2 is 2.20 bits per heavy atom. The number of fused-ring (bicyclic) bond motifs is 3. The van der Waals surface area contributed by atoms with Gasteiger partial charge in [0, 0.05) is 4.88 Å². The third kappa shape index (κ3) is 4.02. The number of carbonyl (C=O) groups excluding carboxylic acids is 1. The Kier molecular flexibility index (Phi) is 5.95. The second kappa shape index (κ2) is 8.49. The summed E-state index contributed by atoms with van der Waals surface area (Å²) in [5, 5.41) is 5.46. The van der Waals surface area contributed by atoms with Crippen molar-refractivity contribution in [3.63, 3.8) is 0 Å². The lowest BCUT2D eigenvalue weighted by molar-refractivity contribution is -0.123. The van der Waals surface area contributed by atoms with Crippen LogP contribution in [0.15, 0.2) is 34.4 Å².